The van der Waals surface area contributed by atoms with E-state index in [0.717, 1.165) is 6.42 Å². The molecule has 0 spiro atoms. The molecule has 0 rings (SSSR count). The second-order valence-corrected chi connectivity index (χ2v) is 2.45. The zero-order valence-electron chi connectivity index (χ0n) is 7.76. The number of amides is 2. The first-order valence-electron chi connectivity index (χ1n) is 4.22. The van der Waals surface area contributed by atoms with Crippen molar-refractivity contribution in [2.75, 3.05) is 19.6 Å². The highest BCUT2D eigenvalue weighted by molar-refractivity contribution is 5.74. The number of carbonyl (C=O) groups excluding carboxylic acids is 1. The molecule has 3 heteroatoms. The van der Waals surface area contributed by atoms with Gasteiger partial charge in [0.1, 0.15) is 0 Å². The van der Waals surface area contributed by atoms with Gasteiger partial charge in [0.15, 0.2) is 0 Å². The van der Waals surface area contributed by atoms with Crippen LogP contribution in [0.2, 0.25) is 0 Å². The van der Waals surface area contributed by atoms with Gasteiger partial charge in [-0.05, 0) is 13.3 Å². The molecule has 0 saturated heterocycles. The lowest BCUT2D eigenvalue weighted by molar-refractivity contribution is 0.206. The molecule has 3 nitrogen and oxygen atoms in total. The number of nitrogens with one attached hydrogen (secondary N) is 1. The number of carbonyl (C=O) groups is 1. The van der Waals surface area contributed by atoms with Crippen molar-refractivity contribution in [1.29, 1.82) is 0 Å². The van der Waals surface area contributed by atoms with Crippen LogP contribution in [0, 0.1) is 12.3 Å². The van der Waals surface area contributed by atoms with Gasteiger partial charge >= 0.3 is 6.03 Å². The Morgan fingerprint density at radius 3 is 2.67 bits per heavy atom. The van der Waals surface area contributed by atoms with E-state index in [1.54, 1.807) is 4.90 Å². The highest BCUT2D eigenvalue weighted by Gasteiger charge is 2.07. The van der Waals surface area contributed by atoms with E-state index in [2.05, 4.69) is 11.2 Å². The van der Waals surface area contributed by atoms with E-state index < -0.39 is 0 Å². The van der Waals surface area contributed by atoms with E-state index in [4.69, 9.17) is 6.42 Å². The quantitative estimate of drug-likeness (QED) is 0.625. The summed E-state index contributed by atoms with van der Waals surface area (Å²) >= 11 is 0. The average Bonchev–Trinajstić information content (AvgIpc) is 2.10. The highest BCUT2D eigenvalue weighted by atomic mass is 16.2. The maximum atomic E-state index is 11.2. The van der Waals surface area contributed by atoms with Gasteiger partial charge in [-0.3, -0.25) is 0 Å². The lowest BCUT2D eigenvalue weighted by Gasteiger charge is -2.18. The molecule has 0 saturated carbocycles. The first-order valence-corrected chi connectivity index (χ1v) is 4.22. The van der Waals surface area contributed by atoms with Crippen molar-refractivity contribution in [3.8, 4) is 12.3 Å². The summed E-state index contributed by atoms with van der Waals surface area (Å²) in [4.78, 5) is 12.8. The minimum absolute atomic E-state index is 0.0719. The van der Waals surface area contributed by atoms with Crippen LogP contribution in [0.4, 0.5) is 4.79 Å². The molecule has 0 radical (unpaired) electrons. The molecule has 0 fully saturated rings. The van der Waals surface area contributed by atoms with Gasteiger partial charge in [-0.15, -0.1) is 6.42 Å². The summed E-state index contributed by atoms with van der Waals surface area (Å²) < 4.78 is 0. The maximum absolute atomic E-state index is 11.2. The second-order valence-electron chi connectivity index (χ2n) is 2.45. The lowest BCUT2D eigenvalue weighted by atomic mass is 10.4. The minimum Gasteiger partial charge on any atom is -0.338 e. The molecule has 0 aromatic heterocycles. The van der Waals surface area contributed by atoms with Crippen LogP contribution in [0.3, 0.4) is 0 Å². The molecule has 12 heavy (non-hydrogen) atoms. The third-order valence-electron chi connectivity index (χ3n) is 1.48. The van der Waals surface area contributed by atoms with E-state index in [1.807, 2.05) is 13.8 Å². The summed E-state index contributed by atoms with van der Waals surface area (Å²) in [5.74, 6) is 2.44. The number of hydrogen-bond donors (Lipinski definition) is 1. The zero-order chi connectivity index (χ0) is 9.40. The zero-order valence-corrected chi connectivity index (χ0v) is 7.76. The van der Waals surface area contributed by atoms with E-state index in [1.165, 1.54) is 0 Å². The van der Waals surface area contributed by atoms with Crippen molar-refractivity contribution in [2.45, 2.75) is 20.3 Å². The molecular formula is C9H16N2O. The molecule has 2 amide bonds. The smallest absolute Gasteiger partial charge is 0.318 e. The Morgan fingerprint density at radius 1 is 1.58 bits per heavy atom. The molecule has 0 unspecified atom stereocenters. The number of terminal acetylenes is 1. The van der Waals surface area contributed by atoms with Crippen LogP contribution in [0.5, 0.6) is 0 Å². The molecule has 1 N–H and O–H groups in total. The van der Waals surface area contributed by atoms with Crippen LogP contribution >= 0.6 is 0 Å². The standard InChI is InChI=1S/C9H16N2O/c1-4-7-10-9(12)11(6-3)8-5-2/h2H,4,6-8H2,1,3H3,(H,10,12). The molecule has 0 heterocycles. The summed E-state index contributed by atoms with van der Waals surface area (Å²) in [6.45, 7) is 5.66. The average molecular weight is 168 g/mol. The number of urea groups is 1. The van der Waals surface area contributed by atoms with Crippen LogP contribution in [0.1, 0.15) is 20.3 Å². The number of rotatable bonds is 4. The Bertz CT molecular complexity index is 172. The SMILES string of the molecule is C#CCN(CC)C(=O)NCCC. The van der Waals surface area contributed by atoms with Gasteiger partial charge < -0.3 is 10.2 Å². The minimum atomic E-state index is -0.0719. The summed E-state index contributed by atoms with van der Waals surface area (Å²) in [6, 6.07) is -0.0719. The van der Waals surface area contributed by atoms with E-state index in [0.29, 0.717) is 19.6 Å². The fourth-order valence-corrected chi connectivity index (χ4v) is 0.781. The van der Waals surface area contributed by atoms with Crippen molar-refractivity contribution >= 4 is 6.03 Å². The Morgan fingerprint density at radius 2 is 2.25 bits per heavy atom. The maximum Gasteiger partial charge on any atom is 0.318 e. The van der Waals surface area contributed by atoms with Gasteiger partial charge in [0.05, 0.1) is 6.54 Å². The molecule has 0 aliphatic heterocycles. The van der Waals surface area contributed by atoms with Crippen LogP contribution in [0.15, 0.2) is 0 Å². The van der Waals surface area contributed by atoms with E-state index >= 15 is 0 Å². The molecule has 0 aliphatic rings. The predicted octanol–water partition coefficient (Wildman–Crippen LogP) is 1.06. The van der Waals surface area contributed by atoms with Gasteiger partial charge in [-0.25, -0.2) is 4.79 Å². The molecule has 68 valence electrons. The Labute approximate surface area is 74.1 Å². The highest BCUT2D eigenvalue weighted by Crippen LogP contribution is 1.87. The van der Waals surface area contributed by atoms with Crippen molar-refractivity contribution in [2.24, 2.45) is 0 Å². The van der Waals surface area contributed by atoms with Gasteiger partial charge in [0.25, 0.3) is 0 Å². The molecule has 0 aromatic carbocycles. The Balaban J connectivity index is 3.79. The van der Waals surface area contributed by atoms with Crippen LogP contribution < -0.4 is 5.32 Å². The van der Waals surface area contributed by atoms with Crippen LogP contribution in [-0.4, -0.2) is 30.6 Å². The van der Waals surface area contributed by atoms with E-state index in [9.17, 15) is 4.79 Å². The van der Waals surface area contributed by atoms with Crippen molar-refractivity contribution in [3.05, 3.63) is 0 Å². The lowest BCUT2D eigenvalue weighted by Crippen LogP contribution is -2.40. The molecular weight excluding hydrogens is 152 g/mol. The topological polar surface area (TPSA) is 32.3 Å². The van der Waals surface area contributed by atoms with Gasteiger partial charge in [0, 0.05) is 13.1 Å². The second kappa shape index (κ2) is 6.53. The van der Waals surface area contributed by atoms with Gasteiger partial charge in [-0.1, -0.05) is 12.8 Å². The van der Waals surface area contributed by atoms with Gasteiger partial charge in [-0.2, -0.15) is 0 Å². The third kappa shape index (κ3) is 3.87. The molecule has 0 bridgehead atoms. The Kier molecular flexibility index (Phi) is 5.90. The number of nitrogens with zero attached hydrogens (tertiary/aromatic N) is 1. The first-order chi connectivity index (χ1) is 5.76. The monoisotopic (exact) mass is 168 g/mol. The van der Waals surface area contributed by atoms with Crippen molar-refractivity contribution in [3.63, 3.8) is 0 Å². The normalized spacial score (nSPS) is 8.75. The van der Waals surface area contributed by atoms with Crippen LogP contribution in [0.25, 0.3) is 0 Å². The summed E-state index contributed by atoms with van der Waals surface area (Å²) in [7, 11) is 0. The molecule has 0 aromatic rings. The van der Waals surface area contributed by atoms with Crippen molar-refractivity contribution in [1.82, 2.24) is 10.2 Å². The van der Waals surface area contributed by atoms with E-state index in [-0.39, 0.29) is 6.03 Å². The fraction of sp³-hybridized carbons (Fsp3) is 0.667. The van der Waals surface area contributed by atoms with Crippen LogP contribution in [-0.2, 0) is 0 Å². The van der Waals surface area contributed by atoms with Crippen molar-refractivity contribution < 1.29 is 4.79 Å². The summed E-state index contributed by atoms with van der Waals surface area (Å²) in [6.07, 6.45) is 6.04. The van der Waals surface area contributed by atoms with Gasteiger partial charge in [0.2, 0.25) is 0 Å². The fourth-order valence-electron chi connectivity index (χ4n) is 0.781. The largest absolute Gasteiger partial charge is 0.338 e. The molecule has 0 aliphatic carbocycles. The first kappa shape index (κ1) is 10.8. The predicted molar refractivity (Wildman–Crippen MR) is 49.8 cm³/mol. The summed E-state index contributed by atoms with van der Waals surface area (Å²) in [5.41, 5.74) is 0. The third-order valence-corrected chi connectivity index (χ3v) is 1.48. The Hall–Kier alpha value is -1.17. The number of hydrogen-bond acceptors (Lipinski definition) is 1. The molecule has 0 atom stereocenters. The summed E-state index contributed by atoms with van der Waals surface area (Å²) in [5, 5.41) is 2.76.